The standard InChI is InChI=1S/C16H11BrN4OS/c17-11-1-2-14-10(7-11)3-6-21(14)16(22)13-9-23-15(20-13)12-8-18-4-5-19-12/h1-2,4-5,7-9H,3,6H2. The monoisotopic (exact) mass is 386 g/mol. The molecule has 3 heterocycles. The zero-order chi connectivity index (χ0) is 15.8. The first-order valence-corrected chi connectivity index (χ1v) is 8.72. The van der Waals surface area contributed by atoms with Crippen LogP contribution < -0.4 is 4.90 Å². The van der Waals surface area contributed by atoms with E-state index in [9.17, 15) is 4.79 Å². The van der Waals surface area contributed by atoms with Crippen LogP contribution >= 0.6 is 27.3 Å². The van der Waals surface area contributed by atoms with Gasteiger partial charge in [-0.2, -0.15) is 0 Å². The maximum absolute atomic E-state index is 12.8. The van der Waals surface area contributed by atoms with Gasteiger partial charge >= 0.3 is 0 Å². The largest absolute Gasteiger partial charge is 0.306 e. The lowest BCUT2D eigenvalue weighted by molar-refractivity contribution is 0.0985. The minimum absolute atomic E-state index is 0.0718. The molecule has 0 fully saturated rings. The maximum Gasteiger partial charge on any atom is 0.277 e. The number of carbonyl (C=O) groups is 1. The molecular formula is C16H11BrN4OS. The van der Waals surface area contributed by atoms with Crippen LogP contribution in [0, 0.1) is 0 Å². The van der Waals surface area contributed by atoms with Crippen LogP contribution in [0.4, 0.5) is 5.69 Å². The zero-order valence-corrected chi connectivity index (χ0v) is 14.3. The normalized spacial score (nSPS) is 13.2. The molecule has 1 aromatic carbocycles. The highest BCUT2D eigenvalue weighted by Crippen LogP contribution is 2.32. The van der Waals surface area contributed by atoms with E-state index in [0.29, 0.717) is 22.9 Å². The number of nitrogens with zero attached hydrogens (tertiary/aromatic N) is 4. The van der Waals surface area contributed by atoms with Gasteiger partial charge in [0.2, 0.25) is 0 Å². The summed E-state index contributed by atoms with van der Waals surface area (Å²) in [5.41, 5.74) is 3.28. The van der Waals surface area contributed by atoms with Crippen LogP contribution in [-0.4, -0.2) is 27.4 Å². The Morgan fingerprint density at radius 3 is 3.04 bits per heavy atom. The fourth-order valence-corrected chi connectivity index (χ4v) is 3.78. The quantitative estimate of drug-likeness (QED) is 0.675. The summed E-state index contributed by atoms with van der Waals surface area (Å²) in [5.74, 6) is -0.0718. The van der Waals surface area contributed by atoms with Gasteiger partial charge in [0.25, 0.3) is 5.91 Å². The molecule has 1 amide bonds. The number of halogens is 1. The predicted molar refractivity (Wildman–Crippen MR) is 92.7 cm³/mol. The van der Waals surface area contributed by atoms with Gasteiger partial charge in [0, 0.05) is 34.5 Å². The number of hydrogen-bond acceptors (Lipinski definition) is 5. The van der Waals surface area contributed by atoms with E-state index in [4.69, 9.17) is 0 Å². The van der Waals surface area contributed by atoms with Crippen LogP contribution in [-0.2, 0) is 6.42 Å². The Morgan fingerprint density at radius 2 is 2.22 bits per heavy atom. The molecule has 2 aromatic heterocycles. The SMILES string of the molecule is O=C(c1csc(-c2cnccn2)n1)N1CCc2cc(Br)ccc21. The van der Waals surface area contributed by atoms with Gasteiger partial charge in [-0.3, -0.25) is 14.8 Å². The molecule has 1 aliphatic heterocycles. The smallest absolute Gasteiger partial charge is 0.277 e. The Hall–Kier alpha value is -2.12. The molecule has 3 aromatic rings. The lowest BCUT2D eigenvalue weighted by Crippen LogP contribution is -2.29. The fraction of sp³-hybridized carbons (Fsp3) is 0.125. The summed E-state index contributed by atoms with van der Waals surface area (Å²) < 4.78 is 1.03. The van der Waals surface area contributed by atoms with Gasteiger partial charge in [-0.25, -0.2) is 4.98 Å². The summed E-state index contributed by atoms with van der Waals surface area (Å²) in [5, 5.41) is 2.49. The molecule has 0 bridgehead atoms. The van der Waals surface area contributed by atoms with E-state index in [0.717, 1.165) is 16.6 Å². The van der Waals surface area contributed by atoms with Crippen molar-refractivity contribution in [2.45, 2.75) is 6.42 Å². The Bertz CT molecular complexity index is 881. The summed E-state index contributed by atoms with van der Waals surface area (Å²) >= 11 is 4.87. The van der Waals surface area contributed by atoms with Crippen LogP contribution in [0.5, 0.6) is 0 Å². The topological polar surface area (TPSA) is 59.0 Å². The molecule has 0 saturated heterocycles. The van der Waals surface area contributed by atoms with Gasteiger partial charge in [-0.15, -0.1) is 11.3 Å². The minimum Gasteiger partial charge on any atom is -0.306 e. The average molecular weight is 387 g/mol. The van der Waals surface area contributed by atoms with Crippen molar-refractivity contribution in [3.8, 4) is 10.7 Å². The summed E-state index contributed by atoms with van der Waals surface area (Å²) in [6.07, 6.45) is 5.74. The molecule has 0 N–H and O–H groups in total. The Balaban J connectivity index is 1.63. The summed E-state index contributed by atoms with van der Waals surface area (Å²) in [4.78, 5) is 27.2. The maximum atomic E-state index is 12.8. The van der Waals surface area contributed by atoms with Gasteiger partial charge in [0.05, 0.1) is 6.20 Å². The van der Waals surface area contributed by atoms with Crippen LogP contribution in [0.2, 0.25) is 0 Å². The van der Waals surface area contributed by atoms with Crippen LogP contribution in [0.3, 0.4) is 0 Å². The third kappa shape index (κ3) is 2.66. The fourth-order valence-electron chi connectivity index (χ4n) is 2.62. The molecule has 0 unspecified atom stereocenters. The number of carbonyl (C=O) groups excluding carboxylic acids is 1. The van der Waals surface area contributed by atoms with Crippen molar-refractivity contribution in [2.75, 3.05) is 11.4 Å². The second-order valence-corrected chi connectivity index (χ2v) is 6.88. The number of benzene rings is 1. The van der Waals surface area contributed by atoms with Gasteiger partial charge < -0.3 is 4.90 Å². The minimum atomic E-state index is -0.0718. The van der Waals surface area contributed by atoms with Crippen molar-refractivity contribution in [2.24, 2.45) is 0 Å². The number of aromatic nitrogens is 3. The lowest BCUT2D eigenvalue weighted by Gasteiger charge is -2.15. The molecule has 1 aliphatic rings. The first-order valence-electron chi connectivity index (χ1n) is 7.04. The molecule has 0 saturated carbocycles. The number of anilines is 1. The number of rotatable bonds is 2. The van der Waals surface area contributed by atoms with Gasteiger partial charge in [-0.1, -0.05) is 15.9 Å². The molecular weight excluding hydrogens is 376 g/mol. The van der Waals surface area contributed by atoms with Crippen LogP contribution in [0.25, 0.3) is 10.7 Å². The number of hydrogen-bond donors (Lipinski definition) is 0. The second-order valence-electron chi connectivity index (χ2n) is 5.11. The second kappa shape index (κ2) is 5.82. The molecule has 0 radical (unpaired) electrons. The predicted octanol–water partition coefficient (Wildman–Crippen LogP) is 3.57. The molecule has 23 heavy (non-hydrogen) atoms. The molecule has 0 atom stereocenters. The van der Waals surface area contributed by atoms with Gasteiger partial charge in [0.15, 0.2) is 0 Å². The van der Waals surface area contributed by atoms with E-state index < -0.39 is 0 Å². The highest BCUT2D eigenvalue weighted by atomic mass is 79.9. The lowest BCUT2D eigenvalue weighted by atomic mass is 10.2. The number of fused-ring (bicyclic) bond motifs is 1. The van der Waals surface area contributed by atoms with E-state index in [-0.39, 0.29) is 5.91 Å². The summed E-state index contributed by atoms with van der Waals surface area (Å²) in [6, 6.07) is 5.99. The molecule has 0 aliphatic carbocycles. The van der Waals surface area contributed by atoms with E-state index >= 15 is 0 Å². The van der Waals surface area contributed by atoms with Crippen molar-refractivity contribution in [1.29, 1.82) is 0 Å². The van der Waals surface area contributed by atoms with E-state index in [1.807, 2.05) is 12.1 Å². The molecule has 7 heteroatoms. The van der Waals surface area contributed by atoms with E-state index in [2.05, 4.69) is 36.9 Å². The highest BCUT2D eigenvalue weighted by Gasteiger charge is 2.27. The molecule has 114 valence electrons. The van der Waals surface area contributed by atoms with E-state index in [1.54, 1.807) is 28.9 Å². The Labute approximate surface area is 145 Å². The van der Waals surface area contributed by atoms with Crippen molar-refractivity contribution in [3.63, 3.8) is 0 Å². The first-order chi connectivity index (χ1) is 11.2. The number of amides is 1. The van der Waals surface area contributed by atoms with Crippen molar-refractivity contribution < 1.29 is 4.79 Å². The van der Waals surface area contributed by atoms with Crippen molar-refractivity contribution in [1.82, 2.24) is 15.0 Å². The third-order valence-corrected chi connectivity index (χ3v) is 5.05. The molecule has 4 rings (SSSR count). The number of thiazole rings is 1. The molecule has 5 nitrogen and oxygen atoms in total. The zero-order valence-electron chi connectivity index (χ0n) is 11.9. The van der Waals surface area contributed by atoms with Crippen LogP contribution in [0.1, 0.15) is 16.1 Å². The van der Waals surface area contributed by atoms with E-state index in [1.165, 1.54) is 16.9 Å². The van der Waals surface area contributed by atoms with Gasteiger partial charge in [-0.05, 0) is 30.2 Å². The molecule has 0 spiro atoms. The van der Waals surface area contributed by atoms with Crippen molar-refractivity contribution >= 4 is 38.9 Å². The summed E-state index contributed by atoms with van der Waals surface area (Å²) in [6.45, 7) is 0.683. The van der Waals surface area contributed by atoms with Gasteiger partial charge in [0.1, 0.15) is 16.4 Å². The third-order valence-electron chi connectivity index (χ3n) is 3.69. The van der Waals surface area contributed by atoms with Crippen LogP contribution in [0.15, 0.2) is 46.6 Å². The van der Waals surface area contributed by atoms with Crippen molar-refractivity contribution in [3.05, 3.63) is 57.9 Å². The average Bonchev–Trinajstić information content (AvgIpc) is 3.22. The summed E-state index contributed by atoms with van der Waals surface area (Å²) in [7, 11) is 0. The Morgan fingerprint density at radius 1 is 1.30 bits per heavy atom. The Kier molecular flexibility index (Phi) is 3.66. The first kappa shape index (κ1) is 14.5. The highest BCUT2D eigenvalue weighted by molar-refractivity contribution is 9.10.